The van der Waals surface area contributed by atoms with Gasteiger partial charge in [-0.15, -0.1) is 11.6 Å². The molecule has 1 atom stereocenters. The molecule has 1 aliphatic heterocycles. The molecule has 0 amide bonds. The summed E-state index contributed by atoms with van der Waals surface area (Å²) in [6, 6.07) is 7.09. The summed E-state index contributed by atoms with van der Waals surface area (Å²) in [5.41, 5.74) is 0. The molecule has 0 aliphatic carbocycles. The highest BCUT2D eigenvalue weighted by atomic mass is 35.5. The monoisotopic (exact) mass is 225 g/mol. The predicted molar refractivity (Wildman–Crippen MR) is 53.3 cm³/mol. The molecule has 0 N–H and O–H groups in total. The van der Waals surface area contributed by atoms with Crippen molar-refractivity contribution >= 4 is 11.6 Å². The molecule has 0 bridgehead atoms. The highest BCUT2D eigenvalue weighted by molar-refractivity contribution is 6.22. The van der Waals surface area contributed by atoms with Crippen LogP contribution in [-0.4, -0.2) is 18.8 Å². The number of nitrogens with zero attached hydrogens (tertiary/aromatic N) is 1. The van der Waals surface area contributed by atoms with Gasteiger partial charge in [-0.2, -0.15) is 5.26 Å². The Balaban J connectivity index is 2.01. The smallest absolute Gasteiger partial charge is 0.231 e. The van der Waals surface area contributed by atoms with Gasteiger partial charge in [-0.3, -0.25) is 0 Å². The number of ether oxygens (including phenoxy) is 3. The van der Waals surface area contributed by atoms with Gasteiger partial charge in [-0.25, -0.2) is 0 Å². The first-order valence-electron chi connectivity index (χ1n) is 4.36. The first kappa shape index (κ1) is 9.94. The van der Waals surface area contributed by atoms with Gasteiger partial charge in [-0.05, 0) is 12.1 Å². The van der Waals surface area contributed by atoms with E-state index in [0.717, 1.165) is 0 Å². The molecule has 1 aliphatic rings. The molecule has 15 heavy (non-hydrogen) atoms. The van der Waals surface area contributed by atoms with Gasteiger partial charge in [0.15, 0.2) is 16.9 Å². The molecule has 0 saturated carbocycles. The summed E-state index contributed by atoms with van der Waals surface area (Å²) < 4.78 is 15.6. The van der Waals surface area contributed by atoms with Crippen molar-refractivity contribution in [2.75, 3.05) is 13.4 Å². The molecule has 1 aromatic carbocycles. The standard InChI is InChI=1S/C10H8ClNO3/c11-7(4-12)5-13-8-1-2-9-10(3-8)15-6-14-9/h1-3,7H,5-6H2. The van der Waals surface area contributed by atoms with Crippen LogP contribution < -0.4 is 14.2 Å². The van der Waals surface area contributed by atoms with E-state index in [1.807, 2.05) is 6.07 Å². The Morgan fingerprint density at radius 2 is 2.27 bits per heavy atom. The maximum atomic E-state index is 8.46. The van der Waals surface area contributed by atoms with Gasteiger partial charge in [-0.1, -0.05) is 0 Å². The van der Waals surface area contributed by atoms with E-state index in [9.17, 15) is 0 Å². The molecular formula is C10H8ClNO3. The number of benzene rings is 1. The van der Waals surface area contributed by atoms with Crippen LogP contribution in [0.1, 0.15) is 0 Å². The van der Waals surface area contributed by atoms with Crippen LogP contribution in [0.3, 0.4) is 0 Å². The topological polar surface area (TPSA) is 51.5 Å². The lowest BCUT2D eigenvalue weighted by molar-refractivity contribution is 0.174. The quantitative estimate of drug-likeness (QED) is 0.738. The molecular weight excluding hydrogens is 218 g/mol. The van der Waals surface area contributed by atoms with Crippen LogP contribution in [0.15, 0.2) is 18.2 Å². The van der Waals surface area contributed by atoms with Gasteiger partial charge >= 0.3 is 0 Å². The number of nitriles is 1. The van der Waals surface area contributed by atoms with Crippen molar-refractivity contribution in [3.8, 4) is 23.3 Å². The Labute approximate surface area is 91.9 Å². The molecule has 1 unspecified atom stereocenters. The molecule has 0 spiro atoms. The SMILES string of the molecule is N#CC(Cl)COc1ccc2c(c1)OCO2. The highest BCUT2D eigenvalue weighted by Gasteiger charge is 2.14. The van der Waals surface area contributed by atoms with Crippen molar-refractivity contribution in [2.45, 2.75) is 5.38 Å². The predicted octanol–water partition coefficient (Wildman–Crippen LogP) is 1.93. The minimum Gasteiger partial charge on any atom is -0.491 e. The Morgan fingerprint density at radius 1 is 1.47 bits per heavy atom. The van der Waals surface area contributed by atoms with Gasteiger partial charge in [0.1, 0.15) is 12.4 Å². The van der Waals surface area contributed by atoms with Crippen molar-refractivity contribution in [1.29, 1.82) is 5.26 Å². The summed E-state index contributed by atoms with van der Waals surface area (Å²) in [7, 11) is 0. The highest BCUT2D eigenvalue weighted by Crippen LogP contribution is 2.35. The van der Waals surface area contributed by atoms with Crippen LogP contribution in [0.2, 0.25) is 0 Å². The number of hydrogen-bond donors (Lipinski definition) is 0. The fourth-order valence-corrected chi connectivity index (χ4v) is 1.24. The third-order valence-corrected chi connectivity index (χ3v) is 2.10. The summed E-state index contributed by atoms with van der Waals surface area (Å²) in [5.74, 6) is 1.96. The van der Waals surface area contributed by atoms with E-state index in [4.69, 9.17) is 31.1 Å². The Bertz CT molecular complexity index is 402. The minimum atomic E-state index is -0.643. The lowest BCUT2D eigenvalue weighted by Gasteiger charge is -2.06. The average Bonchev–Trinajstić information content (AvgIpc) is 2.72. The molecule has 5 heteroatoms. The summed E-state index contributed by atoms with van der Waals surface area (Å²) in [6.45, 7) is 0.382. The Kier molecular flexibility index (Phi) is 2.84. The van der Waals surface area contributed by atoms with Crippen LogP contribution in [-0.2, 0) is 0 Å². The first-order chi connectivity index (χ1) is 7.29. The molecule has 0 radical (unpaired) electrons. The van der Waals surface area contributed by atoms with Crippen molar-refractivity contribution < 1.29 is 14.2 Å². The molecule has 0 fully saturated rings. The second-order valence-corrected chi connectivity index (χ2v) is 3.45. The third kappa shape index (κ3) is 2.25. The van der Waals surface area contributed by atoms with Crippen LogP contribution in [0.4, 0.5) is 0 Å². The fraction of sp³-hybridized carbons (Fsp3) is 0.300. The van der Waals surface area contributed by atoms with Crippen molar-refractivity contribution in [2.24, 2.45) is 0 Å². The number of alkyl halides is 1. The van der Waals surface area contributed by atoms with E-state index in [0.29, 0.717) is 17.2 Å². The minimum absolute atomic E-state index is 0.150. The summed E-state index contributed by atoms with van der Waals surface area (Å²) in [5, 5.41) is 7.82. The largest absolute Gasteiger partial charge is 0.491 e. The molecule has 4 nitrogen and oxygen atoms in total. The molecule has 2 rings (SSSR count). The van der Waals surface area contributed by atoms with Gasteiger partial charge in [0.2, 0.25) is 6.79 Å². The fourth-order valence-electron chi connectivity index (χ4n) is 1.17. The van der Waals surface area contributed by atoms with E-state index < -0.39 is 5.38 Å². The maximum Gasteiger partial charge on any atom is 0.231 e. The van der Waals surface area contributed by atoms with E-state index in [1.165, 1.54) is 0 Å². The maximum absolute atomic E-state index is 8.46. The summed E-state index contributed by atoms with van der Waals surface area (Å²) in [4.78, 5) is 0. The molecule has 78 valence electrons. The second kappa shape index (κ2) is 4.28. The molecule has 0 aromatic heterocycles. The molecule has 1 aromatic rings. The Hall–Kier alpha value is -1.60. The average molecular weight is 226 g/mol. The van der Waals surface area contributed by atoms with Crippen LogP contribution in [0, 0.1) is 11.3 Å². The first-order valence-corrected chi connectivity index (χ1v) is 4.79. The van der Waals surface area contributed by atoms with Crippen molar-refractivity contribution in [1.82, 2.24) is 0 Å². The zero-order chi connectivity index (χ0) is 10.7. The normalized spacial score (nSPS) is 14.4. The third-order valence-electron chi connectivity index (χ3n) is 1.88. The van der Waals surface area contributed by atoms with E-state index >= 15 is 0 Å². The van der Waals surface area contributed by atoms with Crippen LogP contribution >= 0.6 is 11.6 Å². The second-order valence-electron chi connectivity index (χ2n) is 2.92. The van der Waals surface area contributed by atoms with E-state index in [1.54, 1.807) is 18.2 Å². The van der Waals surface area contributed by atoms with Gasteiger partial charge in [0.25, 0.3) is 0 Å². The van der Waals surface area contributed by atoms with Crippen molar-refractivity contribution in [3.63, 3.8) is 0 Å². The lowest BCUT2D eigenvalue weighted by atomic mass is 10.3. The molecule has 0 saturated heterocycles. The van der Waals surface area contributed by atoms with Gasteiger partial charge in [0.05, 0.1) is 6.07 Å². The molecule has 1 heterocycles. The van der Waals surface area contributed by atoms with Gasteiger partial charge in [0, 0.05) is 6.07 Å². The van der Waals surface area contributed by atoms with E-state index in [2.05, 4.69) is 0 Å². The van der Waals surface area contributed by atoms with Gasteiger partial charge < -0.3 is 14.2 Å². The van der Waals surface area contributed by atoms with Crippen molar-refractivity contribution in [3.05, 3.63) is 18.2 Å². The zero-order valence-electron chi connectivity index (χ0n) is 7.77. The zero-order valence-corrected chi connectivity index (χ0v) is 8.53. The summed E-state index contributed by atoms with van der Waals surface area (Å²) >= 11 is 5.59. The van der Waals surface area contributed by atoms with Crippen LogP contribution in [0.25, 0.3) is 0 Å². The lowest BCUT2D eigenvalue weighted by Crippen LogP contribution is -2.08. The number of fused-ring (bicyclic) bond motifs is 1. The summed E-state index contributed by atoms with van der Waals surface area (Å²) in [6.07, 6.45) is 0. The number of halogens is 1. The Morgan fingerprint density at radius 3 is 3.07 bits per heavy atom. The van der Waals surface area contributed by atoms with E-state index in [-0.39, 0.29) is 13.4 Å². The van der Waals surface area contributed by atoms with Crippen LogP contribution in [0.5, 0.6) is 17.2 Å². The number of hydrogen-bond acceptors (Lipinski definition) is 4. The number of rotatable bonds is 3.